The van der Waals surface area contributed by atoms with Gasteiger partial charge in [-0.3, -0.25) is 9.59 Å². The molecule has 0 saturated carbocycles. The second-order valence-corrected chi connectivity index (χ2v) is 8.86. The first-order valence-electron chi connectivity index (χ1n) is 11.1. The number of halogens is 7. The second kappa shape index (κ2) is 9.71. The van der Waals surface area contributed by atoms with Gasteiger partial charge in [0.25, 0.3) is 5.91 Å². The summed E-state index contributed by atoms with van der Waals surface area (Å²) in [6, 6.07) is 0.0140. The molecule has 1 saturated heterocycles. The highest BCUT2D eigenvalue weighted by molar-refractivity contribution is 5.94. The quantitative estimate of drug-likeness (QED) is 0.485. The Balaban J connectivity index is 1.51. The molecule has 1 aromatic heterocycles. The number of fused-ring (bicyclic) bond motifs is 1. The van der Waals surface area contributed by atoms with Crippen LogP contribution in [0.3, 0.4) is 0 Å². The Bertz CT molecular complexity index is 1180. The summed E-state index contributed by atoms with van der Waals surface area (Å²) in [4.78, 5) is 31.5. The monoisotopic (exact) mass is 521 g/mol. The molecule has 14 heteroatoms. The Morgan fingerprint density at radius 2 is 1.75 bits per heavy atom. The SMILES string of the molecule is NC(CC(=O)N1CCn2c(C(F)(F)F)nc(C(=O)N3CCC(F)C3)c2C1)Cc1cc(F)c(F)cc1F. The van der Waals surface area contributed by atoms with Crippen molar-refractivity contribution in [2.75, 3.05) is 19.6 Å². The van der Waals surface area contributed by atoms with Crippen molar-refractivity contribution in [3.8, 4) is 0 Å². The zero-order valence-electron chi connectivity index (χ0n) is 18.8. The maximum absolute atomic E-state index is 13.9. The van der Waals surface area contributed by atoms with E-state index in [4.69, 9.17) is 5.73 Å². The summed E-state index contributed by atoms with van der Waals surface area (Å²) in [5, 5.41) is 0. The molecule has 0 bridgehead atoms. The minimum atomic E-state index is -4.86. The molecule has 2 amide bonds. The van der Waals surface area contributed by atoms with E-state index in [1.807, 2.05) is 0 Å². The molecule has 4 rings (SSSR count). The molecule has 36 heavy (non-hydrogen) atoms. The van der Waals surface area contributed by atoms with E-state index in [2.05, 4.69) is 4.98 Å². The number of imidazole rings is 1. The fraction of sp³-hybridized carbons (Fsp3) is 0.500. The number of hydrogen-bond acceptors (Lipinski definition) is 4. The molecule has 7 nitrogen and oxygen atoms in total. The minimum Gasteiger partial charge on any atom is -0.335 e. The van der Waals surface area contributed by atoms with Gasteiger partial charge in [0, 0.05) is 38.2 Å². The van der Waals surface area contributed by atoms with Crippen molar-refractivity contribution in [1.29, 1.82) is 0 Å². The lowest BCUT2D eigenvalue weighted by atomic mass is 10.0. The van der Waals surface area contributed by atoms with Crippen molar-refractivity contribution >= 4 is 11.8 Å². The van der Waals surface area contributed by atoms with Crippen LogP contribution in [-0.4, -0.2) is 63.0 Å². The highest BCUT2D eigenvalue weighted by Gasteiger charge is 2.43. The zero-order valence-corrected chi connectivity index (χ0v) is 18.8. The van der Waals surface area contributed by atoms with Crippen LogP contribution >= 0.6 is 0 Å². The lowest BCUT2D eigenvalue weighted by Crippen LogP contribution is -2.42. The third-order valence-electron chi connectivity index (χ3n) is 6.24. The maximum Gasteiger partial charge on any atom is 0.449 e. The Hall–Kier alpha value is -3.16. The van der Waals surface area contributed by atoms with Gasteiger partial charge < -0.3 is 20.1 Å². The van der Waals surface area contributed by atoms with Crippen molar-refractivity contribution in [3.05, 3.63) is 52.4 Å². The lowest BCUT2D eigenvalue weighted by molar-refractivity contribution is -0.148. The molecule has 196 valence electrons. The summed E-state index contributed by atoms with van der Waals surface area (Å²) >= 11 is 0. The van der Waals surface area contributed by atoms with E-state index in [-0.39, 0.29) is 63.2 Å². The first-order chi connectivity index (χ1) is 16.8. The van der Waals surface area contributed by atoms with E-state index in [9.17, 15) is 40.3 Å². The molecule has 2 aromatic rings. The fourth-order valence-electron chi connectivity index (χ4n) is 4.45. The van der Waals surface area contributed by atoms with Gasteiger partial charge in [0.05, 0.1) is 18.8 Å². The van der Waals surface area contributed by atoms with Crippen molar-refractivity contribution < 1.29 is 40.3 Å². The van der Waals surface area contributed by atoms with Crippen LogP contribution in [-0.2, 0) is 30.5 Å². The van der Waals surface area contributed by atoms with Gasteiger partial charge in [-0.25, -0.2) is 22.5 Å². The minimum absolute atomic E-state index is 0.0334. The summed E-state index contributed by atoms with van der Waals surface area (Å²) in [7, 11) is 0. The molecular formula is C22H22F7N5O2. The molecule has 1 fully saturated rings. The number of aromatic nitrogens is 2. The smallest absolute Gasteiger partial charge is 0.335 e. The standard InChI is InChI=1S/C22H22F7N5O2/c23-12-1-2-33(9-12)20(36)19-17-10-32(3-4-34(17)21(31-19)22(27,28)29)18(35)7-13(30)5-11-6-15(25)16(26)8-14(11)24/h6,8,12-13H,1-5,7,9-10,30H2. The molecule has 2 unspecified atom stereocenters. The largest absolute Gasteiger partial charge is 0.449 e. The third-order valence-corrected chi connectivity index (χ3v) is 6.24. The summed E-state index contributed by atoms with van der Waals surface area (Å²) in [6.45, 7) is -1.03. The number of nitrogens with two attached hydrogens (primary N) is 1. The highest BCUT2D eigenvalue weighted by Crippen LogP contribution is 2.33. The predicted octanol–water partition coefficient (Wildman–Crippen LogP) is 2.81. The molecule has 2 atom stereocenters. The molecule has 2 aliphatic heterocycles. The van der Waals surface area contributed by atoms with Gasteiger partial charge >= 0.3 is 6.18 Å². The number of benzene rings is 1. The number of carbonyl (C=O) groups excluding carboxylic acids is 2. The van der Waals surface area contributed by atoms with E-state index in [0.717, 1.165) is 9.47 Å². The van der Waals surface area contributed by atoms with Gasteiger partial charge in [-0.2, -0.15) is 13.2 Å². The number of carbonyl (C=O) groups is 2. The molecule has 0 aliphatic carbocycles. The van der Waals surface area contributed by atoms with Gasteiger partial charge in [-0.15, -0.1) is 0 Å². The summed E-state index contributed by atoms with van der Waals surface area (Å²) in [5.74, 6) is -6.40. The van der Waals surface area contributed by atoms with E-state index in [0.29, 0.717) is 12.1 Å². The van der Waals surface area contributed by atoms with Gasteiger partial charge in [0.1, 0.15) is 12.0 Å². The Labute approximate surface area is 200 Å². The summed E-state index contributed by atoms with van der Waals surface area (Å²) < 4.78 is 95.6. The van der Waals surface area contributed by atoms with Crippen LogP contribution in [0.2, 0.25) is 0 Å². The Kier molecular flexibility index (Phi) is 6.99. The van der Waals surface area contributed by atoms with Crippen LogP contribution in [0.15, 0.2) is 12.1 Å². The van der Waals surface area contributed by atoms with E-state index < -0.39 is 59.2 Å². The molecule has 2 N–H and O–H groups in total. The average molecular weight is 521 g/mol. The van der Waals surface area contributed by atoms with E-state index in [1.54, 1.807) is 0 Å². The van der Waals surface area contributed by atoms with Crippen LogP contribution in [0.1, 0.15) is 40.4 Å². The number of amides is 2. The summed E-state index contributed by atoms with van der Waals surface area (Å²) in [5.41, 5.74) is 5.05. The second-order valence-electron chi connectivity index (χ2n) is 8.86. The van der Waals surface area contributed by atoms with Crippen LogP contribution in [0.25, 0.3) is 0 Å². The lowest BCUT2D eigenvalue weighted by Gasteiger charge is -2.30. The van der Waals surface area contributed by atoms with Crippen LogP contribution in [0.4, 0.5) is 30.7 Å². The molecule has 0 radical (unpaired) electrons. The van der Waals surface area contributed by atoms with Gasteiger partial charge in [-0.1, -0.05) is 0 Å². The van der Waals surface area contributed by atoms with Crippen molar-refractivity contribution in [2.24, 2.45) is 5.73 Å². The number of rotatable bonds is 5. The third kappa shape index (κ3) is 5.18. The number of likely N-dealkylation sites (tertiary alicyclic amines) is 1. The van der Waals surface area contributed by atoms with Gasteiger partial charge in [0.2, 0.25) is 11.7 Å². The van der Waals surface area contributed by atoms with Crippen LogP contribution in [0.5, 0.6) is 0 Å². The fourth-order valence-corrected chi connectivity index (χ4v) is 4.45. The van der Waals surface area contributed by atoms with Crippen molar-refractivity contribution in [2.45, 2.75) is 50.7 Å². The first kappa shape index (κ1) is 25.9. The Morgan fingerprint density at radius 1 is 1.06 bits per heavy atom. The van der Waals surface area contributed by atoms with E-state index >= 15 is 0 Å². The Morgan fingerprint density at radius 3 is 2.39 bits per heavy atom. The topological polar surface area (TPSA) is 84.5 Å². The van der Waals surface area contributed by atoms with Crippen molar-refractivity contribution in [3.63, 3.8) is 0 Å². The first-order valence-corrected chi connectivity index (χ1v) is 11.1. The zero-order chi connectivity index (χ0) is 26.4. The summed E-state index contributed by atoms with van der Waals surface area (Å²) in [6.07, 6.45) is -6.73. The molecule has 3 heterocycles. The van der Waals surface area contributed by atoms with Crippen LogP contribution in [0, 0.1) is 17.5 Å². The molecule has 2 aliphatic rings. The molecular weight excluding hydrogens is 499 g/mol. The average Bonchev–Trinajstić information content (AvgIpc) is 3.40. The predicted molar refractivity (Wildman–Crippen MR) is 111 cm³/mol. The molecule has 1 aromatic carbocycles. The molecule has 0 spiro atoms. The number of alkyl halides is 4. The number of hydrogen-bond donors (Lipinski definition) is 1. The normalized spacial score (nSPS) is 18.9. The van der Waals surface area contributed by atoms with Crippen molar-refractivity contribution in [1.82, 2.24) is 19.4 Å². The maximum atomic E-state index is 13.9. The van der Waals surface area contributed by atoms with E-state index in [1.165, 1.54) is 4.90 Å². The number of nitrogens with zero attached hydrogens (tertiary/aromatic N) is 4. The van der Waals surface area contributed by atoms with Gasteiger partial charge in [0.15, 0.2) is 17.3 Å². The van der Waals surface area contributed by atoms with Gasteiger partial charge in [-0.05, 0) is 24.5 Å². The van der Waals surface area contributed by atoms with Crippen LogP contribution < -0.4 is 5.73 Å². The highest BCUT2D eigenvalue weighted by atomic mass is 19.4.